The lowest BCUT2D eigenvalue weighted by Crippen LogP contribution is -2.39. The van der Waals surface area contributed by atoms with Crippen molar-refractivity contribution in [1.29, 1.82) is 0 Å². The average Bonchev–Trinajstić information content (AvgIpc) is 2.70. The van der Waals surface area contributed by atoms with Crippen LogP contribution in [0, 0.1) is 5.92 Å². The van der Waals surface area contributed by atoms with Crippen LogP contribution in [0.15, 0.2) is 20.3 Å². The molecular formula is C12H15BrN2O6. The van der Waals surface area contributed by atoms with Crippen molar-refractivity contribution in [3.8, 4) is 0 Å². The highest BCUT2D eigenvalue weighted by Gasteiger charge is 2.47. The highest BCUT2D eigenvalue weighted by Crippen LogP contribution is 2.30. The summed E-state index contributed by atoms with van der Waals surface area (Å²) in [6.45, 7) is 3.28. The Balaban J connectivity index is 2.38. The summed E-state index contributed by atoms with van der Waals surface area (Å²) in [5, 5.41) is 19.9. The van der Waals surface area contributed by atoms with Gasteiger partial charge in [0.05, 0.1) is 4.47 Å². The zero-order chi connectivity index (χ0) is 15.9. The highest BCUT2D eigenvalue weighted by molar-refractivity contribution is 9.10. The number of halogens is 1. The number of aliphatic hydroxyl groups excluding tert-OH is 2. The van der Waals surface area contributed by atoms with Gasteiger partial charge in [-0.05, 0) is 15.9 Å². The largest absolute Gasteiger partial charge is 0.387 e. The predicted octanol–water partition coefficient (Wildman–Crippen LogP) is -0.857. The SMILES string of the molecule is CC(C)C(=O)[C@H]1O[C@@H](n2cc(Br)c(=O)[nH]c2=O)[C@H](O)[C@@H]1O. The Bertz CT molecular complexity index is 666. The molecule has 0 radical (unpaired) electrons. The van der Waals surface area contributed by atoms with Crippen molar-refractivity contribution in [2.24, 2.45) is 5.92 Å². The summed E-state index contributed by atoms with van der Waals surface area (Å²) in [5.41, 5.74) is -1.43. The number of carbonyl (C=O) groups is 1. The van der Waals surface area contributed by atoms with Gasteiger partial charge in [-0.2, -0.15) is 0 Å². The summed E-state index contributed by atoms with van der Waals surface area (Å²) in [5.74, 6) is -0.768. The molecule has 0 saturated carbocycles. The van der Waals surface area contributed by atoms with Gasteiger partial charge >= 0.3 is 5.69 Å². The lowest BCUT2D eigenvalue weighted by atomic mass is 9.99. The Morgan fingerprint density at radius 1 is 1.38 bits per heavy atom. The van der Waals surface area contributed by atoms with Crippen molar-refractivity contribution >= 4 is 21.7 Å². The van der Waals surface area contributed by atoms with Gasteiger partial charge in [0, 0.05) is 12.1 Å². The van der Waals surface area contributed by atoms with Crippen molar-refractivity contribution < 1.29 is 19.7 Å². The molecule has 1 aliphatic heterocycles. The third kappa shape index (κ3) is 2.86. The van der Waals surface area contributed by atoms with E-state index in [2.05, 4.69) is 15.9 Å². The molecule has 21 heavy (non-hydrogen) atoms. The number of H-pyrrole nitrogens is 1. The number of ether oxygens (including phenoxy) is 1. The quantitative estimate of drug-likeness (QED) is 0.643. The van der Waals surface area contributed by atoms with Crippen molar-refractivity contribution in [3.63, 3.8) is 0 Å². The second-order valence-corrected chi connectivity index (χ2v) is 5.98. The van der Waals surface area contributed by atoms with Crippen LogP contribution in [0.4, 0.5) is 0 Å². The van der Waals surface area contributed by atoms with Crippen LogP contribution in [-0.4, -0.2) is 43.9 Å². The van der Waals surface area contributed by atoms with Crippen molar-refractivity contribution in [1.82, 2.24) is 9.55 Å². The third-order valence-corrected chi connectivity index (χ3v) is 3.85. The number of nitrogens with one attached hydrogen (secondary N) is 1. The summed E-state index contributed by atoms with van der Waals surface area (Å²) in [6.07, 6.45) is -4.24. The molecule has 3 N–H and O–H groups in total. The van der Waals surface area contributed by atoms with E-state index in [1.807, 2.05) is 4.98 Å². The van der Waals surface area contributed by atoms with Crippen LogP contribution in [0.1, 0.15) is 20.1 Å². The lowest BCUT2D eigenvalue weighted by Gasteiger charge is -2.17. The molecule has 2 heterocycles. The summed E-state index contributed by atoms with van der Waals surface area (Å²) in [4.78, 5) is 37.0. The van der Waals surface area contributed by atoms with Crippen LogP contribution < -0.4 is 11.2 Å². The molecule has 1 aromatic heterocycles. The summed E-state index contributed by atoms with van der Waals surface area (Å²) < 4.78 is 6.33. The first-order valence-corrected chi connectivity index (χ1v) is 7.09. The molecule has 1 saturated heterocycles. The van der Waals surface area contributed by atoms with Crippen LogP contribution >= 0.6 is 15.9 Å². The molecule has 8 nitrogen and oxygen atoms in total. The minimum Gasteiger partial charge on any atom is -0.387 e. The second kappa shape index (κ2) is 5.84. The number of ketones is 1. The number of hydrogen-bond donors (Lipinski definition) is 3. The number of Topliss-reactive ketones (excluding diaryl/α,β-unsaturated/α-hetero) is 1. The fourth-order valence-electron chi connectivity index (χ4n) is 2.10. The molecule has 1 aromatic rings. The predicted molar refractivity (Wildman–Crippen MR) is 74.8 cm³/mol. The second-order valence-electron chi connectivity index (χ2n) is 5.13. The molecule has 0 bridgehead atoms. The van der Waals surface area contributed by atoms with Crippen molar-refractivity contribution in [3.05, 3.63) is 31.5 Å². The van der Waals surface area contributed by atoms with Gasteiger partial charge in [0.25, 0.3) is 5.56 Å². The van der Waals surface area contributed by atoms with E-state index < -0.39 is 41.7 Å². The average molecular weight is 363 g/mol. The van der Waals surface area contributed by atoms with Crippen molar-refractivity contribution in [2.45, 2.75) is 38.4 Å². The number of hydrogen-bond acceptors (Lipinski definition) is 6. The molecular weight excluding hydrogens is 348 g/mol. The van der Waals surface area contributed by atoms with Gasteiger partial charge in [-0.3, -0.25) is 19.1 Å². The molecule has 0 aliphatic carbocycles. The van der Waals surface area contributed by atoms with E-state index in [0.29, 0.717) is 0 Å². The first-order valence-electron chi connectivity index (χ1n) is 6.30. The summed E-state index contributed by atoms with van der Waals surface area (Å²) in [7, 11) is 0. The monoisotopic (exact) mass is 362 g/mol. The molecule has 0 unspecified atom stereocenters. The molecule has 0 amide bonds. The van der Waals surface area contributed by atoms with Crippen LogP contribution in [-0.2, 0) is 9.53 Å². The Labute approximate surface area is 127 Å². The normalized spacial score (nSPS) is 29.0. The summed E-state index contributed by atoms with van der Waals surface area (Å²) >= 11 is 2.96. The minimum atomic E-state index is -1.46. The molecule has 0 spiro atoms. The van der Waals surface area contributed by atoms with Gasteiger partial charge in [-0.25, -0.2) is 4.79 Å². The van der Waals surface area contributed by atoms with Gasteiger partial charge in [-0.15, -0.1) is 0 Å². The van der Waals surface area contributed by atoms with Gasteiger partial charge in [-0.1, -0.05) is 13.8 Å². The molecule has 1 fully saturated rings. The van der Waals surface area contributed by atoms with Gasteiger partial charge in [0.1, 0.15) is 18.3 Å². The standard InChI is InChI=1S/C12H15BrN2O6/c1-4(2)6(16)9-7(17)8(18)11(21-9)15-3-5(13)10(19)14-12(15)20/h3-4,7-9,11,17-18H,1-2H3,(H,14,19,20)/t7-,8+,9+,11+/m0/s1. The minimum absolute atomic E-state index is 0.0611. The van der Waals surface area contributed by atoms with E-state index in [1.165, 1.54) is 0 Å². The maximum Gasteiger partial charge on any atom is 0.330 e. The molecule has 2 rings (SSSR count). The third-order valence-electron chi connectivity index (χ3n) is 3.29. The Kier molecular flexibility index (Phi) is 4.47. The van der Waals surface area contributed by atoms with E-state index in [4.69, 9.17) is 4.74 Å². The number of aromatic nitrogens is 2. The first-order chi connectivity index (χ1) is 9.73. The van der Waals surface area contributed by atoms with Crippen LogP contribution in [0.2, 0.25) is 0 Å². The topological polar surface area (TPSA) is 122 Å². The maximum absolute atomic E-state index is 11.9. The molecule has 9 heteroatoms. The Hall–Kier alpha value is -1.29. The van der Waals surface area contributed by atoms with E-state index in [-0.39, 0.29) is 10.3 Å². The van der Waals surface area contributed by atoms with E-state index in [9.17, 15) is 24.6 Å². The molecule has 116 valence electrons. The van der Waals surface area contributed by atoms with Gasteiger partial charge in [0.2, 0.25) is 0 Å². The molecule has 4 atom stereocenters. The zero-order valence-corrected chi connectivity index (χ0v) is 12.9. The van der Waals surface area contributed by atoms with Crippen LogP contribution in [0.3, 0.4) is 0 Å². The highest BCUT2D eigenvalue weighted by atomic mass is 79.9. The van der Waals surface area contributed by atoms with Gasteiger partial charge < -0.3 is 14.9 Å². The molecule has 0 aromatic carbocycles. The fraction of sp³-hybridized carbons (Fsp3) is 0.583. The van der Waals surface area contributed by atoms with Crippen molar-refractivity contribution in [2.75, 3.05) is 0 Å². The number of aliphatic hydroxyl groups is 2. The van der Waals surface area contributed by atoms with Gasteiger partial charge in [0.15, 0.2) is 12.0 Å². The van der Waals surface area contributed by atoms with E-state index >= 15 is 0 Å². The number of rotatable bonds is 3. The molecule has 1 aliphatic rings. The fourth-order valence-corrected chi connectivity index (χ4v) is 2.42. The Morgan fingerprint density at radius 2 is 2.00 bits per heavy atom. The van der Waals surface area contributed by atoms with Crippen LogP contribution in [0.25, 0.3) is 0 Å². The number of nitrogens with zero attached hydrogens (tertiary/aromatic N) is 1. The maximum atomic E-state index is 11.9. The number of aromatic amines is 1. The van der Waals surface area contributed by atoms with Crippen LogP contribution in [0.5, 0.6) is 0 Å². The Morgan fingerprint density at radius 3 is 2.57 bits per heavy atom. The first kappa shape index (κ1) is 16.1. The zero-order valence-electron chi connectivity index (χ0n) is 11.3. The van der Waals surface area contributed by atoms with E-state index in [1.54, 1.807) is 13.8 Å². The summed E-state index contributed by atoms with van der Waals surface area (Å²) in [6, 6.07) is 0. The number of carbonyl (C=O) groups excluding carboxylic acids is 1. The smallest absolute Gasteiger partial charge is 0.330 e. The lowest BCUT2D eigenvalue weighted by molar-refractivity contribution is -0.138. The van der Waals surface area contributed by atoms with E-state index in [0.717, 1.165) is 10.8 Å².